The van der Waals surface area contributed by atoms with E-state index in [0.29, 0.717) is 18.1 Å². The van der Waals surface area contributed by atoms with Crippen LogP contribution in [0.1, 0.15) is 26.3 Å². The third-order valence-corrected chi connectivity index (χ3v) is 3.65. The SMILES string of the molecule is CC(C)(C)C(O)CNCc1cnn(-c2ccc(Cl)cc2)c1. The summed E-state index contributed by atoms with van der Waals surface area (Å²) < 4.78 is 1.81. The first kappa shape index (κ1) is 16.0. The molecule has 1 atom stereocenters. The van der Waals surface area contributed by atoms with Gasteiger partial charge in [0, 0.05) is 29.9 Å². The second-order valence-corrected chi connectivity index (χ2v) is 6.72. The van der Waals surface area contributed by atoms with Crippen molar-refractivity contribution in [3.05, 3.63) is 47.2 Å². The predicted octanol–water partition coefficient (Wildman–Crippen LogP) is 3.02. The van der Waals surface area contributed by atoms with Gasteiger partial charge in [0.05, 0.1) is 18.0 Å². The minimum absolute atomic E-state index is 0.111. The molecule has 0 bridgehead atoms. The van der Waals surface area contributed by atoms with Gasteiger partial charge in [-0.15, -0.1) is 0 Å². The highest BCUT2D eigenvalue weighted by Gasteiger charge is 2.21. The van der Waals surface area contributed by atoms with Crippen LogP contribution in [-0.4, -0.2) is 27.5 Å². The van der Waals surface area contributed by atoms with E-state index in [1.807, 2.05) is 62.1 Å². The van der Waals surface area contributed by atoms with Crippen LogP contribution in [0.3, 0.4) is 0 Å². The smallest absolute Gasteiger partial charge is 0.0712 e. The zero-order chi connectivity index (χ0) is 15.5. The van der Waals surface area contributed by atoms with Gasteiger partial charge in [0.15, 0.2) is 0 Å². The fraction of sp³-hybridized carbons (Fsp3) is 0.438. The van der Waals surface area contributed by atoms with E-state index < -0.39 is 0 Å². The molecule has 1 aromatic carbocycles. The molecule has 0 aliphatic rings. The average Bonchev–Trinajstić information content (AvgIpc) is 2.87. The number of aromatic nitrogens is 2. The van der Waals surface area contributed by atoms with E-state index in [2.05, 4.69) is 10.4 Å². The Morgan fingerprint density at radius 3 is 2.57 bits per heavy atom. The van der Waals surface area contributed by atoms with E-state index in [4.69, 9.17) is 11.6 Å². The highest BCUT2D eigenvalue weighted by atomic mass is 35.5. The topological polar surface area (TPSA) is 50.1 Å². The summed E-state index contributed by atoms with van der Waals surface area (Å²) >= 11 is 5.88. The third-order valence-electron chi connectivity index (χ3n) is 3.39. The van der Waals surface area contributed by atoms with Gasteiger partial charge in [0.1, 0.15) is 0 Å². The second-order valence-electron chi connectivity index (χ2n) is 6.28. The van der Waals surface area contributed by atoms with Crippen LogP contribution in [0.15, 0.2) is 36.7 Å². The Labute approximate surface area is 130 Å². The van der Waals surface area contributed by atoms with E-state index in [9.17, 15) is 5.11 Å². The largest absolute Gasteiger partial charge is 0.391 e. The number of rotatable bonds is 5. The quantitative estimate of drug-likeness (QED) is 0.892. The van der Waals surface area contributed by atoms with Gasteiger partial charge in [-0.2, -0.15) is 5.10 Å². The molecule has 0 radical (unpaired) electrons. The second kappa shape index (κ2) is 6.60. The summed E-state index contributed by atoms with van der Waals surface area (Å²) in [7, 11) is 0. The number of hydrogen-bond donors (Lipinski definition) is 2. The summed E-state index contributed by atoms with van der Waals surface area (Å²) in [4.78, 5) is 0. The molecule has 0 saturated heterocycles. The molecule has 0 amide bonds. The lowest BCUT2D eigenvalue weighted by Gasteiger charge is -2.25. The molecule has 2 N–H and O–H groups in total. The predicted molar refractivity (Wildman–Crippen MR) is 85.7 cm³/mol. The van der Waals surface area contributed by atoms with Gasteiger partial charge in [-0.3, -0.25) is 0 Å². The minimum Gasteiger partial charge on any atom is -0.391 e. The highest BCUT2D eigenvalue weighted by molar-refractivity contribution is 6.30. The Morgan fingerprint density at radius 1 is 1.29 bits per heavy atom. The molecule has 0 fully saturated rings. The zero-order valence-electron chi connectivity index (χ0n) is 12.7. The fourth-order valence-electron chi connectivity index (χ4n) is 1.85. The van der Waals surface area contributed by atoms with Gasteiger partial charge in [-0.05, 0) is 29.7 Å². The van der Waals surface area contributed by atoms with Gasteiger partial charge >= 0.3 is 0 Å². The van der Waals surface area contributed by atoms with Crippen molar-refractivity contribution in [1.82, 2.24) is 15.1 Å². The summed E-state index contributed by atoms with van der Waals surface area (Å²) in [5.41, 5.74) is 1.94. The number of nitrogens with zero attached hydrogens (tertiary/aromatic N) is 2. The van der Waals surface area contributed by atoms with Crippen LogP contribution in [0.25, 0.3) is 5.69 Å². The van der Waals surface area contributed by atoms with Crippen molar-refractivity contribution < 1.29 is 5.11 Å². The first-order valence-electron chi connectivity index (χ1n) is 7.04. The molecule has 0 spiro atoms. The van der Waals surface area contributed by atoms with E-state index in [-0.39, 0.29) is 11.5 Å². The standard InChI is InChI=1S/C16H22ClN3O/c1-16(2,3)15(21)10-18-8-12-9-19-20(11-12)14-6-4-13(17)5-7-14/h4-7,9,11,15,18,21H,8,10H2,1-3H3. The maximum absolute atomic E-state index is 9.98. The van der Waals surface area contributed by atoms with Crippen LogP contribution in [0.2, 0.25) is 5.02 Å². The number of nitrogens with one attached hydrogen (secondary N) is 1. The Bertz CT molecular complexity index is 572. The average molecular weight is 308 g/mol. The summed E-state index contributed by atoms with van der Waals surface area (Å²) in [6, 6.07) is 7.54. The van der Waals surface area contributed by atoms with Crippen molar-refractivity contribution in [3.8, 4) is 5.69 Å². The van der Waals surface area contributed by atoms with Crippen molar-refractivity contribution in [2.45, 2.75) is 33.4 Å². The maximum atomic E-state index is 9.98. The molecule has 1 aromatic heterocycles. The van der Waals surface area contributed by atoms with Crippen LogP contribution in [0.5, 0.6) is 0 Å². The molecule has 0 aliphatic heterocycles. The number of halogens is 1. The van der Waals surface area contributed by atoms with Crippen molar-refractivity contribution >= 4 is 11.6 Å². The molecule has 0 aliphatic carbocycles. The molecular weight excluding hydrogens is 286 g/mol. The van der Waals surface area contributed by atoms with Crippen molar-refractivity contribution in [2.24, 2.45) is 5.41 Å². The van der Waals surface area contributed by atoms with E-state index in [1.54, 1.807) is 0 Å². The molecule has 1 unspecified atom stereocenters. The van der Waals surface area contributed by atoms with Crippen LogP contribution in [0.4, 0.5) is 0 Å². The molecular formula is C16H22ClN3O. The Hall–Kier alpha value is -1.36. The van der Waals surface area contributed by atoms with Gasteiger partial charge in [-0.25, -0.2) is 4.68 Å². The molecule has 1 heterocycles. The normalized spacial score (nSPS) is 13.4. The van der Waals surface area contributed by atoms with E-state index in [1.165, 1.54) is 0 Å². The molecule has 0 saturated carbocycles. The molecule has 21 heavy (non-hydrogen) atoms. The lowest BCUT2D eigenvalue weighted by Crippen LogP contribution is -2.36. The molecule has 4 nitrogen and oxygen atoms in total. The first-order valence-corrected chi connectivity index (χ1v) is 7.42. The van der Waals surface area contributed by atoms with Crippen molar-refractivity contribution in [3.63, 3.8) is 0 Å². The van der Waals surface area contributed by atoms with Crippen LogP contribution >= 0.6 is 11.6 Å². The number of aliphatic hydroxyl groups is 1. The number of aliphatic hydroxyl groups excluding tert-OH is 1. The summed E-state index contributed by atoms with van der Waals surface area (Å²) in [6.45, 7) is 7.32. The molecule has 2 aromatic rings. The summed E-state index contributed by atoms with van der Waals surface area (Å²) in [6.07, 6.45) is 3.42. The van der Waals surface area contributed by atoms with Gasteiger partial charge in [0.2, 0.25) is 0 Å². The molecule has 114 valence electrons. The fourth-order valence-corrected chi connectivity index (χ4v) is 1.97. The number of hydrogen-bond acceptors (Lipinski definition) is 3. The maximum Gasteiger partial charge on any atom is 0.0712 e. The van der Waals surface area contributed by atoms with E-state index >= 15 is 0 Å². The van der Waals surface area contributed by atoms with Crippen LogP contribution < -0.4 is 5.32 Å². The summed E-state index contributed by atoms with van der Waals surface area (Å²) in [5.74, 6) is 0. The van der Waals surface area contributed by atoms with Crippen molar-refractivity contribution in [1.29, 1.82) is 0 Å². The minimum atomic E-state index is -0.371. The third kappa shape index (κ3) is 4.56. The van der Waals surface area contributed by atoms with Gasteiger partial charge < -0.3 is 10.4 Å². The summed E-state index contributed by atoms with van der Waals surface area (Å²) in [5, 5.41) is 18.3. The monoisotopic (exact) mass is 307 g/mol. The van der Waals surface area contributed by atoms with Crippen molar-refractivity contribution in [2.75, 3.05) is 6.54 Å². The first-order chi connectivity index (χ1) is 9.86. The lowest BCUT2D eigenvalue weighted by molar-refractivity contribution is 0.0627. The Morgan fingerprint density at radius 2 is 1.95 bits per heavy atom. The lowest BCUT2D eigenvalue weighted by atomic mass is 9.89. The molecule has 5 heteroatoms. The molecule has 2 rings (SSSR count). The van der Waals surface area contributed by atoms with E-state index in [0.717, 1.165) is 11.3 Å². The Balaban J connectivity index is 1.90. The highest BCUT2D eigenvalue weighted by Crippen LogP contribution is 2.18. The van der Waals surface area contributed by atoms with Crippen LogP contribution in [0, 0.1) is 5.41 Å². The Kier molecular flexibility index (Phi) is 5.04. The van der Waals surface area contributed by atoms with Crippen LogP contribution in [-0.2, 0) is 6.54 Å². The van der Waals surface area contributed by atoms with Gasteiger partial charge in [-0.1, -0.05) is 32.4 Å². The van der Waals surface area contributed by atoms with Gasteiger partial charge in [0.25, 0.3) is 0 Å². The number of benzene rings is 1. The zero-order valence-corrected chi connectivity index (χ0v) is 13.4.